The quantitative estimate of drug-likeness (QED) is 0.903. The number of para-hydroxylation sites is 1. The van der Waals surface area contributed by atoms with E-state index in [1.165, 1.54) is 0 Å². The highest BCUT2D eigenvalue weighted by Gasteiger charge is 2.18. The first-order valence-electron chi connectivity index (χ1n) is 6.06. The number of anilines is 1. The van der Waals surface area contributed by atoms with Crippen LogP contribution >= 0.6 is 0 Å². The number of aromatic nitrogens is 2. The molecule has 0 saturated heterocycles. The molecule has 0 bridgehead atoms. The summed E-state index contributed by atoms with van der Waals surface area (Å²) in [6.07, 6.45) is 0. The average molecular weight is 245 g/mol. The average Bonchev–Trinajstić information content (AvgIpc) is 2.60. The molecule has 0 aliphatic carbocycles. The maximum Gasteiger partial charge on any atom is 0.241 e. The Morgan fingerprint density at radius 3 is 2.50 bits per heavy atom. The predicted molar refractivity (Wildman–Crippen MR) is 73.0 cm³/mol. The fourth-order valence-electron chi connectivity index (χ4n) is 1.87. The first-order chi connectivity index (χ1) is 8.50. The molecule has 0 spiro atoms. The highest BCUT2D eigenvalue weighted by Crippen LogP contribution is 2.33. The number of nitrogens with two attached hydrogens (primary N) is 1. The van der Waals surface area contributed by atoms with Crippen LogP contribution < -0.4 is 10.5 Å². The molecule has 2 aromatic rings. The summed E-state index contributed by atoms with van der Waals surface area (Å²) >= 11 is 0. The number of nitrogens with zero attached hydrogens (tertiary/aromatic N) is 2. The minimum atomic E-state index is 0.283. The highest BCUT2D eigenvalue weighted by atomic mass is 16.5. The van der Waals surface area contributed by atoms with Gasteiger partial charge in [0.2, 0.25) is 5.88 Å². The summed E-state index contributed by atoms with van der Waals surface area (Å²) in [7, 11) is 1.84. The second-order valence-electron chi connectivity index (χ2n) is 4.75. The van der Waals surface area contributed by atoms with Gasteiger partial charge in [-0.05, 0) is 24.5 Å². The third-order valence-electron chi connectivity index (χ3n) is 2.91. The number of ether oxygens (including phenoxy) is 1. The van der Waals surface area contributed by atoms with E-state index in [2.05, 4.69) is 18.9 Å². The van der Waals surface area contributed by atoms with Gasteiger partial charge in [-0.3, -0.25) is 0 Å². The molecule has 4 heteroatoms. The molecular weight excluding hydrogens is 226 g/mol. The first-order valence-corrected chi connectivity index (χ1v) is 6.06. The van der Waals surface area contributed by atoms with Crippen LogP contribution in [0, 0.1) is 6.92 Å². The summed E-state index contributed by atoms with van der Waals surface area (Å²) in [6.45, 7) is 6.14. The van der Waals surface area contributed by atoms with Gasteiger partial charge in [0.05, 0.1) is 5.69 Å². The maximum atomic E-state index is 6.09. The van der Waals surface area contributed by atoms with Crippen LogP contribution in [0.3, 0.4) is 0 Å². The SMILES string of the molecule is Cc1ccccc1Oc1c(N)c(C(C)C)nn1C. The molecule has 0 aliphatic rings. The molecule has 2 N–H and O–H groups in total. The van der Waals surface area contributed by atoms with E-state index >= 15 is 0 Å². The van der Waals surface area contributed by atoms with Gasteiger partial charge < -0.3 is 10.5 Å². The van der Waals surface area contributed by atoms with Crippen molar-refractivity contribution in [2.45, 2.75) is 26.7 Å². The zero-order valence-electron chi connectivity index (χ0n) is 11.3. The standard InChI is InChI=1S/C14H19N3O/c1-9(2)13-12(15)14(17(4)16-13)18-11-8-6-5-7-10(11)3/h5-9H,15H2,1-4H3. The molecule has 0 fully saturated rings. The van der Waals surface area contributed by atoms with Crippen molar-refractivity contribution < 1.29 is 4.74 Å². The van der Waals surface area contributed by atoms with Gasteiger partial charge in [0.1, 0.15) is 11.4 Å². The smallest absolute Gasteiger partial charge is 0.241 e. The van der Waals surface area contributed by atoms with Crippen LogP contribution in [0.25, 0.3) is 0 Å². The van der Waals surface area contributed by atoms with Crippen LogP contribution in [0.4, 0.5) is 5.69 Å². The van der Waals surface area contributed by atoms with Crippen molar-refractivity contribution in [2.75, 3.05) is 5.73 Å². The van der Waals surface area contributed by atoms with E-state index in [9.17, 15) is 0 Å². The second-order valence-corrected chi connectivity index (χ2v) is 4.75. The number of rotatable bonds is 3. The van der Waals surface area contributed by atoms with Crippen molar-refractivity contribution in [2.24, 2.45) is 7.05 Å². The number of aryl methyl sites for hydroxylation is 2. The van der Waals surface area contributed by atoms with Crippen LogP contribution in [0.15, 0.2) is 24.3 Å². The van der Waals surface area contributed by atoms with Crippen molar-refractivity contribution in [1.29, 1.82) is 0 Å². The second kappa shape index (κ2) is 4.72. The van der Waals surface area contributed by atoms with Gasteiger partial charge in [0.15, 0.2) is 0 Å². The van der Waals surface area contributed by atoms with Gasteiger partial charge in [-0.15, -0.1) is 0 Å². The van der Waals surface area contributed by atoms with Crippen molar-refractivity contribution in [3.8, 4) is 11.6 Å². The lowest BCUT2D eigenvalue weighted by atomic mass is 10.1. The molecule has 0 radical (unpaired) electrons. The van der Waals surface area contributed by atoms with E-state index in [-0.39, 0.29) is 5.92 Å². The van der Waals surface area contributed by atoms with Gasteiger partial charge in [-0.2, -0.15) is 5.10 Å². The minimum Gasteiger partial charge on any atom is -0.437 e. The van der Waals surface area contributed by atoms with Crippen molar-refractivity contribution in [3.63, 3.8) is 0 Å². The molecular formula is C14H19N3O. The lowest BCUT2D eigenvalue weighted by Crippen LogP contribution is -1.98. The summed E-state index contributed by atoms with van der Waals surface area (Å²) in [5.74, 6) is 1.70. The Balaban J connectivity index is 2.38. The molecule has 0 unspecified atom stereocenters. The van der Waals surface area contributed by atoms with Crippen LogP contribution in [0.2, 0.25) is 0 Å². The van der Waals surface area contributed by atoms with Crippen molar-refractivity contribution in [1.82, 2.24) is 9.78 Å². The highest BCUT2D eigenvalue weighted by molar-refractivity contribution is 5.55. The van der Waals surface area contributed by atoms with Gasteiger partial charge >= 0.3 is 0 Å². The molecule has 1 aromatic carbocycles. The molecule has 0 saturated carbocycles. The van der Waals surface area contributed by atoms with Crippen LogP contribution in [-0.4, -0.2) is 9.78 Å². The summed E-state index contributed by atoms with van der Waals surface area (Å²) in [5, 5.41) is 4.40. The van der Waals surface area contributed by atoms with E-state index in [1.54, 1.807) is 4.68 Å². The molecule has 0 aliphatic heterocycles. The molecule has 1 heterocycles. The van der Waals surface area contributed by atoms with E-state index in [0.29, 0.717) is 11.6 Å². The molecule has 4 nitrogen and oxygen atoms in total. The molecule has 18 heavy (non-hydrogen) atoms. The topological polar surface area (TPSA) is 53.1 Å². The molecule has 96 valence electrons. The summed E-state index contributed by atoms with van der Waals surface area (Å²) in [5.41, 5.74) is 8.67. The Morgan fingerprint density at radius 1 is 1.28 bits per heavy atom. The van der Waals surface area contributed by atoms with Crippen LogP contribution in [-0.2, 0) is 7.05 Å². The zero-order chi connectivity index (χ0) is 13.3. The summed E-state index contributed by atoms with van der Waals surface area (Å²) in [6, 6.07) is 7.86. The summed E-state index contributed by atoms with van der Waals surface area (Å²) < 4.78 is 7.57. The van der Waals surface area contributed by atoms with E-state index in [4.69, 9.17) is 10.5 Å². The van der Waals surface area contributed by atoms with E-state index in [0.717, 1.165) is 17.0 Å². The fraction of sp³-hybridized carbons (Fsp3) is 0.357. The Hall–Kier alpha value is -1.97. The van der Waals surface area contributed by atoms with Crippen LogP contribution in [0.1, 0.15) is 31.0 Å². The monoisotopic (exact) mass is 245 g/mol. The van der Waals surface area contributed by atoms with Gasteiger partial charge in [0.25, 0.3) is 0 Å². The first kappa shape index (κ1) is 12.5. The Kier molecular flexibility index (Phi) is 3.28. The summed E-state index contributed by atoms with van der Waals surface area (Å²) in [4.78, 5) is 0. The molecule has 0 atom stereocenters. The lowest BCUT2D eigenvalue weighted by Gasteiger charge is -2.09. The third-order valence-corrected chi connectivity index (χ3v) is 2.91. The van der Waals surface area contributed by atoms with Gasteiger partial charge in [-0.1, -0.05) is 32.0 Å². The van der Waals surface area contributed by atoms with Crippen LogP contribution in [0.5, 0.6) is 11.6 Å². The third kappa shape index (κ3) is 2.18. The molecule has 1 aromatic heterocycles. The maximum absolute atomic E-state index is 6.09. The fourth-order valence-corrected chi connectivity index (χ4v) is 1.87. The number of hydrogen-bond acceptors (Lipinski definition) is 3. The van der Waals surface area contributed by atoms with E-state index < -0.39 is 0 Å². The minimum absolute atomic E-state index is 0.283. The number of benzene rings is 1. The Bertz CT molecular complexity index is 558. The number of hydrogen-bond donors (Lipinski definition) is 1. The number of nitrogen functional groups attached to an aromatic ring is 1. The largest absolute Gasteiger partial charge is 0.437 e. The van der Waals surface area contributed by atoms with Gasteiger partial charge in [0, 0.05) is 7.05 Å². The van der Waals surface area contributed by atoms with Gasteiger partial charge in [-0.25, -0.2) is 4.68 Å². The zero-order valence-corrected chi connectivity index (χ0v) is 11.3. The molecule has 2 rings (SSSR count). The van der Waals surface area contributed by atoms with Crippen molar-refractivity contribution in [3.05, 3.63) is 35.5 Å². The lowest BCUT2D eigenvalue weighted by molar-refractivity contribution is 0.429. The molecule has 0 amide bonds. The van der Waals surface area contributed by atoms with Crippen molar-refractivity contribution >= 4 is 5.69 Å². The normalized spacial score (nSPS) is 10.9. The predicted octanol–water partition coefficient (Wildman–Crippen LogP) is 3.23. The Morgan fingerprint density at radius 2 is 1.94 bits per heavy atom. The Labute approximate surface area is 107 Å². The van der Waals surface area contributed by atoms with E-state index in [1.807, 2.05) is 38.2 Å².